The molecule has 0 fully saturated rings. The SMILES string of the molecule is [2H]c1c([2H])c([2H])c(CN2CCC3=C(C2)C(=O)N2CCN=C2N3Cc2ccccc2C)c([2H])c1[2H]. The highest BCUT2D eigenvalue weighted by Crippen LogP contribution is 2.32. The lowest BCUT2D eigenvalue weighted by Gasteiger charge is -2.42. The summed E-state index contributed by atoms with van der Waals surface area (Å²) in [4.78, 5) is 23.9. The van der Waals surface area contributed by atoms with Crippen molar-refractivity contribution < 1.29 is 11.6 Å². The molecule has 3 heterocycles. The summed E-state index contributed by atoms with van der Waals surface area (Å²) < 4.78 is 40.2. The molecule has 0 saturated carbocycles. The Morgan fingerprint density at radius 3 is 2.76 bits per heavy atom. The predicted molar refractivity (Wildman–Crippen MR) is 114 cm³/mol. The van der Waals surface area contributed by atoms with Gasteiger partial charge in [-0.15, -0.1) is 0 Å². The molecule has 29 heavy (non-hydrogen) atoms. The van der Waals surface area contributed by atoms with Crippen molar-refractivity contribution >= 4 is 11.9 Å². The number of fused-ring (bicyclic) bond motifs is 1. The number of hydrogen-bond acceptors (Lipinski definition) is 4. The van der Waals surface area contributed by atoms with E-state index in [1.165, 1.54) is 11.1 Å². The average molecular weight is 392 g/mol. The zero-order valence-corrected chi connectivity index (χ0v) is 16.5. The van der Waals surface area contributed by atoms with Crippen LogP contribution in [0.2, 0.25) is 0 Å². The molecular weight excluding hydrogens is 360 g/mol. The van der Waals surface area contributed by atoms with Crippen molar-refractivity contribution in [1.29, 1.82) is 0 Å². The van der Waals surface area contributed by atoms with Gasteiger partial charge in [0.1, 0.15) is 0 Å². The van der Waals surface area contributed by atoms with Gasteiger partial charge in [0.15, 0.2) is 0 Å². The minimum atomic E-state index is -0.391. The van der Waals surface area contributed by atoms with Crippen LogP contribution in [-0.2, 0) is 17.9 Å². The second kappa shape index (κ2) is 7.48. The van der Waals surface area contributed by atoms with Gasteiger partial charge in [-0.3, -0.25) is 19.6 Å². The molecule has 0 saturated heterocycles. The summed E-state index contributed by atoms with van der Waals surface area (Å²) in [7, 11) is 0. The van der Waals surface area contributed by atoms with Crippen molar-refractivity contribution in [2.24, 2.45) is 4.99 Å². The van der Waals surface area contributed by atoms with Crippen LogP contribution in [0.1, 0.15) is 30.0 Å². The molecule has 1 amide bonds. The van der Waals surface area contributed by atoms with Crippen LogP contribution in [0.15, 0.2) is 70.7 Å². The summed E-state index contributed by atoms with van der Waals surface area (Å²) in [6.07, 6.45) is 0.623. The van der Waals surface area contributed by atoms with Crippen LogP contribution in [-0.4, -0.2) is 52.7 Å². The maximum absolute atomic E-state index is 13.4. The number of benzene rings is 2. The van der Waals surface area contributed by atoms with Crippen LogP contribution in [0.5, 0.6) is 0 Å². The Kier molecular flexibility index (Phi) is 3.44. The van der Waals surface area contributed by atoms with Gasteiger partial charge < -0.3 is 4.90 Å². The topological polar surface area (TPSA) is 39.2 Å². The van der Waals surface area contributed by atoms with Crippen molar-refractivity contribution in [3.05, 3.63) is 82.4 Å². The zero-order chi connectivity index (χ0) is 24.1. The Labute approximate surface area is 179 Å². The smallest absolute Gasteiger partial charge is 0.259 e. The number of aryl methyl sites for hydroxylation is 1. The van der Waals surface area contributed by atoms with Gasteiger partial charge in [0.05, 0.1) is 25.5 Å². The Balaban J connectivity index is 1.47. The lowest BCUT2D eigenvalue weighted by molar-refractivity contribution is -0.124. The van der Waals surface area contributed by atoms with E-state index in [2.05, 4.69) is 28.9 Å². The molecule has 0 bridgehead atoms. The molecule has 0 aliphatic carbocycles. The van der Waals surface area contributed by atoms with Crippen molar-refractivity contribution in [2.45, 2.75) is 26.4 Å². The molecule has 5 nitrogen and oxygen atoms in total. The summed E-state index contributed by atoms with van der Waals surface area (Å²) in [6, 6.07) is 6.79. The van der Waals surface area contributed by atoms with E-state index in [4.69, 9.17) is 6.85 Å². The van der Waals surface area contributed by atoms with E-state index in [-0.39, 0.29) is 42.2 Å². The Morgan fingerprint density at radius 2 is 1.93 bits per heavy atom. The van der Waals surface area contributed by atoms with Gasteiger partial charge in [-0.25, -0.2) is 0 Å². The molecule has 148 valence electrons. The van der Waals surface area contributed by atoms with E-state index in [0.717, 1.165) is 5.70 Å². The van der Waals surface area contributed by atoms with Gasteiger partial charge in [0.2, 0.25) is 5.96 Å². The van der Waals surface area contributed by atoms with E-state index in [9.17, 15) is 4.79 Å². The summed E-state index contributed by atoms with van der Waals surface area (Å²) in [5.74, 6) is 0.670. The third-order valence-corrected chi connectivity index (χ3v) is 5.81. The van der Waals surface area contributed by atoms with E-state index in [1.54, 1.807) is 4.90 Å². The van der Waals surface area contributed by atoms with Crippen LogP contribution in [0, 0.1) is 6.92 Å². The monoisotopic (exact) mass is 391 g/mol. The van der Waals surface area contributed by atoms with E-state index >= 15 is 0 Å². The van der Waals surface area contributed by atoms with Gasteiger partial charge >= 0.3 is 0 Å². The first-order chi connectivity index (χ1) is 16.3. The molecule has 0 aromatic heterocycles. The van der Waals surface area contributed by atoms with Crippen molar-refractivity contribution in [1.82, 2.24) is 14.7 Å². The highest BCUT2D eigenvalue weighted by molar-refractivity contribution is 6.10. The second-order valence-corrected chi connectivity index (χ2v) is 7.64. The number of aliphatic imine (C=N–C) groups is 1. The van der Waals surface area contributed by atoms with Gasteiger partial charge in [-0.2, -0.15) is 0 Å². The van der Waals surface area contributed by atoms with E-state index < -0.39 is 6.04 Å². The van der Waals surface area contributed by atoms with Crippen LogP contribution >= 0.6 is 0 Å². The maximum Gasteiger partial charge on any atom is 0.259 e. The number of carbonyl (C=O) groups is 1. The fourth-order valence-corrected chi connectivity index (χ4v) is 4.28. The summed E-state index contributed by atoms with van der Waals surface area (Å²) >= 11 is 0. The second-order valence-electron chi connectivity index (χ2n) is 7.64. The summed E-state index contributed by atoms with van der Waals surface area (Å²) in [6.45, 7) is 5.03. The Morgan fingerprint density at radius 1 is 1.10 bits per heavy atom. The molecule has 3 aliphatic heterocycles. The lowest BCUT2D eigenvalue weighted by atomic mass is 9.99. The molecule has 3 aliphatic rings. The van der Waals surface area contributed by atoms with E-state index in [0.29, 0.717) is 50.7 Å². The molecule has 2 aromatic carbocycles. The van der Waals surface area contributed by atoms with Gasteiger partial charge in [0, 0.05) is 38.3 Å². The maximum atomic E-state index is 13.4. The van der Waals surface area contributed by atoms with Crippen molar-refractivity contribution in [3.63, 3.8) is 0 Å². The minimum absolute atomic E-state index is 0.0435. The highest BCUT2D eigenvalue weighted by atomic mass is 16.2. The van der Waals surface area contributed by atoms with Crippen molar-refractivity contribution in [3.8, 4) is 0 Å². The fourth-order valence-electron chi connectivity index (χ4n) is 4.28. The van der Waals surface area contributed by atoms with Crippen LogP contribution < -0.4 is 0 Å². The zero-order valence-electron chi connectivity index (χ0n) is 21.5. The number of nitrogens with zero attached hydrogens (tertiary/aromatic N) is 4. The first kappa shape index (κ1) is 13.3. The normalized spacial score (nSPS) is 21.8. The van der Waals surface area contributed by atoms with E-state index in [1.807, 2.05) is 17.0 Å². The molecule has 0 spiro atoms. The van der Waals surface area contributed by atoms with Gasteiger partial charge in [0.25, 0.3) is 5.91 Å². The molecular formula is C24H26N4O. The molecule has 0 N–H and O–H groups in total. The molecule has 2 aromatic rings. The number of hydrogen-bond donors (Lipinski definition) is 0. The number of amides is 1. The van der Waals surface area contributed by atoms with Crippen LogP contribution in [0.3, 0.4) is 0 Å². The average Bonchev–Trinajstić information content (AvgIpc) is 3.33. The molecule has 0 atom stereocenters. The van der Waals surface area contributed by atoms with Crippen molar-refractivity contribution in [2.75, 3.05) is 26.2 Å². The first-order valence-electron chi connectivity index (χ1n) is 12.5. The van der Waals surface area contributed by atoms with Gasteiger partial charge in [-0.05, 0) is 23.6 Å². The molecule has 5 rings (SSSR count). The minimum Gasteiger partial charge on any atom is -0.311 e. The highest BCUT2D eigenvalue weighted by Gasteiger charge is 2.41. The first-order valence-corrected chi connectivity index (χ1v) is 9.96. The van der Waals surface area contributed by atoms with Crippen LogP contribution in [0.25, 0.3) is 0 Å². The summed E-state index contributed by atoms with van der Waals surface area (Å²) in [5, 5.41) is 0. The number of rotatable bonds is 4. The van der Waals surface area contributed by atoms with Crippen LogP contribution in [0.4, 0.5) is 0 Å². The largest absolute Gasteiger partial charge is 0.311 e. The molecule has 0 radical (unpaired) electrons. The summed E-state index contributed by atoms with van der Waals surface area (Å²) in [5.41, 5.74) is 4.30. The Bertz CT molecular complexity index is 1230. The predicted octanol–water partition coefficient (Wildman–Crippen LogP) is 3.17. The molecule has 5 heteroatoms. The number of guanidine groups is 1. The van der Waals surface area contributed by atoms with Gasteiger partial charge in [-0.1, -0.05) is 54.5 Å². The Hall–Kier alpha value is -2.92. The number of carbonyl (C=O) groups excluding carboxylic acids is 1. The quantitative estimate of drug-likeness (QED) is 0.804. The molecule has 0 unspecified atom stereocenters. The fraction of sp³-hybridized carbons (Fsp3) is 0.333. The standard InChI is InChI=1S/C24H26N4O/c1-18-7-5-6-10-20(18)16-28-22-11-13-26(15-19-8-3-2-4-9-19)17-21(22)23(29)27-14-12-25-24(27)28/h2-10H,11-17H2,1H3/i2D,3D,4D,8D,9D. The lowest BCUT2D eigenvalue weighted by Crippen LogP contribution is -2.53. The third kappa shape index (κ3) is 3.36. The third-order valence-electron chi connectivity index (χ3n) is 5.81.